The van der Waals surface area contributed by atoms with Crippen LogP contribution in [0.4, 0.5) is 5.82 Å². The highest BCUT2D eigenvalue weighted by atomic mass is 35.5. The zero-order valence-electron chi connectivity index (χ0n) is 11.8. The van der Waals surface area contributed by atoms with Crippen molar-refractivity contribution < 1.29 is 0 Å². The van der Waals surface area contributed by atoms with E-state index in [2.05, 4.69) is 23.7 Å². The van der Waals surface area contributed by atoms with Crippen LogP contribution in [0.1, 0.15) is 57.7 Å². The molecular weight excluding hydrogens is 258 g/mol. The molecule has 0 radical (unpaired) electrons. The SMILES string of the molecule is CC(C)c1nc(Cl)cc(N2CCCC3CCCC32)n1. The lowest BCUT2D eigenvalue weighted by Gasteiger charge is -2.38. The van der Waals surface area contributed by atoms with Crippen LogP contribution in [0.2, 0.25) is 5.15 Å². The molecule has 1 aliphatic heterocycles. The van der Waals surface area contributed by atoms with E-state index in [1.54, 1.807) is 0 Å². The number of piperidine rings is 1. The summed E-state index contributed by atoms with van der Waals surface area (Å²) in [5.74, 6) is 3.09. The van der Waals surface area contributed by atoms with Gasteiger partial charge in [0.2, 0.25) is 0 Å². The molecule has 2 fully saturated rings. The molecule has 3 nitrogen and oxygen atoms in total. The normalized spacial score (nSPS) is 26.8. The third-order valence-electron chi connectivity index (χ3n) is 4.50. The Morgan fingerprint density at radius 2 is 2.00 bits per heavy atom. The van der Waals surface area contributed by atoms with E-state index in [-0.39, 0.29) is 0 Å². The number of hydrogen-bond acceptors (Lipinski definition) is 3. The minimum absolute atomic E-state index is 0.321. The molecule has 1 saturated carbocycles. The zero-order chi connectivity index (χ0) is 13.4. The Morgan fingerprint density at radius 3 is 2.79 bits per heavy atom. The summed E-state index contributed by atoms with van der Waals surface area (Å²) >= 11 is 6.18. The lowest BCUT2D eigenvalue weighted by Crippen LogP contribution is -2.43. The van der Waals surface area contributed by atoms with Crippen LogP contribution in [-0.4, -0.2) is 22.6 Å². The third kappa shape index (κ3) is 2.58. The summed E-state index contributed by atoms with van der Waals surface area (Å²) in [6.07, 6.45) is 6.72. The lowest BCUT2D eigenvalue weighted by molar-refractivity contribution is 0.360. The summed E-state index contributed by atoms with van der Waals surface area (Å²) in [6, 6.07) is 2.62. The van der Waals surface area contributed by atoms with Crippen LogP contribution in [0, 0.1) is 5.92 Å². The van der Waals surface area contributed by atoms with Crippen molar-refractivity contribution >= 4 is 17.4 Å². The molecule has 1 aromatic rings. The molecule has 0 spiro atoms. The molecular formula is C15H22ClN3. The number of rotatable bonds is 2. The first-order valence-electron chi connectivity index (χ1n) is 7.46. The van der Waals surface area contributed by atoms with Gasteiger partial charge in [-0.15, -0.1) is 0 Å². The molecule has 3 rings (SSSR count). The summed E-state index contributed by atoms with van der Waals surface area (Å²) < 4.78 is 0. The highest BCUT2D eigenvalue weighted by Gasteiger charge is 2.35. The van der Waals surface area contributed by atoms with Crippen molar-refractivity contribution in [3.63, 3.8) is 0 Å². The van der Waals surface area contributed by atoms with Gasteiger partial charge in [-0.05, 0) is 31.6 Å². The maximum atomic E-state index is 6.18. The second kappa shape index (κ2) is 5.28. The molecule has 0 amide bonds. The highest BCUT2D eigenvalue weighted by molar-refractivity contribution is 6.29. The van der Waals surface area contributed by atoms with E-state index in [1.807, 2.05) is 6.07 Å². The first-order valence-corrected chi connectivity index (χ1v) is 7.84. The smallest absolute Gasteiger partial charge is 0.135 e. The largest absolute Gasteiger partial charge is 0.353 e. The zero-order valence-corrected chi connectivity index (χ0v) is 12.5. The van der Waals surface area contributed by atoms with Crippen LogP contribution in [0.5, 0.6) is 0 Å². The van der Waals surface area contributed by atoms with Crippen LogP contribution in [0.25, 0.3) is 0 Å². The average molecular weight is 280 g/mol. The molecule has 0 aromatic carbocycles. The fraction of sp³-hybridized carbons (Fsp3) is 0.733. The Balaban J connectivity index is 1.92. The first kappa shape index (κ1) is 13.2. The van der Waals surface area contributed by atoms with Gasteiger partial charge in [0.1, 0.15) is 16.8 Å². The molecule has 0 bridgehead atoms. The van der Waals surface area contributed by atoms with E-state index in [1.165, 1.54) is 32.1 Å². The average Bonchev–Trinajstić information content (AvgIpc) is 2.85. The summed E-state index contributed by atoms with van der Waals surface area (Å²) in [5, 5.41) is 0.578. The van der Waals surface area contributed by atoms with Gasteiger partial charge in [-0.2, -0.15) is 0 Å². The standard InChI is InChI=1S/C15H22ClN3/c1-10(2)15-17-13(16)9-14(18-15)19-8-4-6-11-5-3-7-12(11)19/h9-12H,3-8H2,1-2H3. The van der Waals surface area contributed by atoms with Gasteiger partial charge >= 0.3 is 0 Å². The topological polar surface area (TPSA) is 29.0 Å². The third-order valence-corrected chi connectivity index (χ3v) is 4.70. The van der Waals surface area contributed by atoms with E-state index in [0.29, 0.717) is 17.1 Å². The predicted molar refractivity (Wildman–Crippen MR) is 78.8 cm³/mol. The summed E-state index contributed by atoms with van der Waals surface area (Å²) in [6.45, 7) is 5.35. The van der Waals surface area contributed by atoms with Gasteiger partial charge in [0.15, 0.2) is 0 Å². The van der Waals surface area contributed by atoms with Gasteiger partial charge in [0, 0.05) is 24.6 Å². The first-order chi connectivity index (χ1) is 9.15. The number of hydrogen-bond donors (Lipinski definition) is 0. The van der Waals surface area contributed by atoms with Crippen LogP contribution in [-0.2, 0) is 0 Å². The quantitative estimate of drug-likeness (QED) is 0.766. The van der Waals surface area contributed by atoms with Crippen molar-refractivity contribution in [2.24, 2.45) is 5.92 Å². The number of halogens is 1. The minimum atomic E-state index is 0.321. The van der Waals surface area contributed by atoms with Gasteiger partial charge < -0.3 is 4.90 Å². The monoisotopic (exact) mass is 279 g/mol. The molecule has 104 valence electrons. The summed E-state index contributed by atoms with van der Waals surface area (Å²) in [5.41, 5.74) is 0. The maximum absolute atomic E-state index is 6.18. The number of fused-ring (bicyclic) bond motifs is 1. The summed E-state index contributed by atoms with van der Waals surface area (Å²) in [4.78, 5) is 11.6. The maximum Gasteiger partial charge on any atom is 0.135 e. The van der Waals surface area contributed by atoms with Crippen molar-refractivity contribution in [3.8, 4) is 0 Å². The fourth-order valence-corrected chi connectivity index (χ4v) is 3.75. The van der Waals surface area contributed by atoms with Crippen molar-refractivity contribution in [1.29, 1.82) is 0 Å². The molecule has 1 aliphatic carbocycles. The minimum Gasteiger partial charge on any atom is -0.353 e. The molecule has 2 heterocycles. The number of aromatic nitrogens is 2. The summed E-state index contributed by atoms with van der Waals surface area (Å²) in [7, 11) is 0. The number of anilines is 1. The van der Waals surface area contributed by atoms with Crippen LogP contribution in [0.15, 0.2) is 6.07 Å². The Kier molecular flexibility index (Phi) is 3.66. The Morgan fingerprint density at radius 1 is 1.21 bits per heavy atom. The van der Waals surface area contributed by atoms with Crippen LogP contribution in [0.3, 0.4) is 0 Å². The van der Waals surface area contributed by atoms with E-state index in [4.69, 9.17) is 16.6 Å². The Hall–Kier alpha value is -0.830. The van der Waals surface area contributed by atoms with Crippen molar-refractivity contribution in [2.75, 3.05) is 11.4 Å². The predicted octanol–water partition coefficient (Wildman–Crippen LogP) is 4.02. The molecule has 1 aromatic heterocycles. The number of nitrogens with zero attached hydrogens (tertiary/aromatic N) is 3. The molecule has 4 heteroatoms. The second-order valence-corrected chi connectivity index (χ2v) is 6.54. The van der Waals surface area contributed by atoms with E-state index < -0.39 is 0 Å². The van der Waals surface area contributed by atoms with Crippen LogP contribution >= 0.6 is 11.6 Å². The molecule has 2 aliphatic rings. The fourth-order valence-electron chi connectivity index (χ4n) is 3.57. The Labute approximate surface area is 120 Å². The van der Waals surface area contributed by atoms with E-state index in [0.717, 1.165) is 24.1 Å². The molecule has 0 N–H and O–H groups in total. The van der Waals surface area contributed by atoms with Crippen LogP contribution < -0.4 is 4.90 Å². The lowest BCUT2D eigenvalue weighted by atomic mass is 9.92. The molecule has 19 heavy (non-hydrogen) atoms. The van der Waals surface area contributed by atoms with Gasteiger partial charge in [-0.1, -0.05) is 31.9 Å². The molecule has 1 saturated heterocycles. The van der Waals surface area contributed by atoms with Gasteiger partial charge in [0.05, 0.1) is 0 Å². The van der Waals surface area contributed by atoms with Crippen molar-refractivity contribution in [2.45, 2.75) is 57.9 Å². The van der Waals surface area contributed by atoms with Crippen molar-refractivity contribution in [1.82, 2.24) is 9.97 Å². The highest BCUT2D eigenvalue weighted by Crippen LogP contribution is 2.39. The molecule has 2 unspecified atom stereocenters. The van der Waals surface area contributed by atoms with E-state index >= 15 is 0 Å². The van der Waals surface area contributed by atoms with Gasteiger partial charge in [0.25, 0.3) is 0 Å². The van der Waals surface area contributed by atoms with Crippen molar-refractivity contribution in [3.05, 3.63) is 17.0 Å². The van der Waals surface area contributed by atoms with Gasteiger partial charge in [-0.3, -0.25) is 0 Å². The van der Waals surface area contributed by atoms with E-state index in [9.17, 15) is 0 Å². The Bertz CT molecular complexity index is 461. The van der Waals surface area contributed by atoms with Gasteiger partial charge in [-0.25, -0.2) is 9.97 Å². The second-order valence-electron chi connectivity index (χ2n) is 6.16. The molecule has 2 atom stereocenters.